The van der Waals surface area contributed by atoms with Gasteiger partial charge in [0.2, 0.25) is 11.8 Å². The Balaban J connectivity index is 2.43. The van der Waals surface area contributed by atoms with Crippen molar-refractivity contribution in [3.05, 3.63) is 28.2 Å². The molecule has 0 radical (unpaired) electrons. The molecule has 5 nitrogen and oxygen atoms in total. The van der Waals surface area contributed by atoms with Gasteiger partial charge in [0.1, 0.15) is 0 Å². The molecule has 0 fully saturated rings. The van der Waals surface area contributed by atoms with Crippen LogP contribution in [0.4, 0.5) is 5.69 Å². The molecule has 122 valence electrons. The number of amides is 2. The molecule has 0 bridgehead atoms. The molecule has 0 spiro atoms. The third-order valence-electron chi connectivity index (χ3n) is 3.05. The van der Waals surface area contributed by atoms with Crippen molar-refractivity contribution in [1.29, 1.82) is 0 Å². The zero-order valence-electron chi connectivity index (χ0n) is 13.0. The lowest BCUT2D eigenvalue weighted by Crippen LogP contribution is -2.41. The summed E-state index contributed by atoms with van der Waals surface area (Å²) in [6.45, 7) is 4.21. The molecule has 0 unspecified atom stereocenters. The molecule has 2 N–H and O–H groups in total. The predicted molar refractivity (Wildman–Crippen MR) is 90.5 cm³/mol. The normalized spacial score (nSPS) is 12.1. The summed E-state index contributed by atoms with van der Waals surface area (Å²) in [6, 6.07) is 4.99. The average molecular weight is 346 g/mol. The second kappa shape index (κ2) is 8.98. The van der Waals surface area contributed by atoms with E-state index in [9.17, 15) is 9.59 Å². The van der Waals surface area contributed by atoms with Crippen LogP contribution in [0.25, 0.3) is 0 Å². The maximum absolute atomic E-state index is 11.9. The van der Waals surface area contributed by atoms with E-state index in [0.717, 1.165) is 6.42 Å². The van der Waals surface area contributed by atoms with Gasteiger partial charge < -0.3 is 10.6 Å². The molecule has 1 rings (SSSR count). The van der Waals surface area contributed by atoms with Crippen LogP contribution in [0.5, 0.6) is 0 Å². The van der Waals surface area contributed by atoms with Crippen LogP contribution >= 0.6 is 23.2 Å². The summed E-state index contributed by atoms with van der Waals surface area (Å²) in [6.07, 6.45) is 0.868. The number of carbonyl (C=O) groups is 2. The number of halogens is 2. The van der Waals surface area contributed by atoms with Gasteiger partial charge in [-0.05, 0) is 38.6 Å². The molecule has 0 aromatic heterocycles. The lowest BCUT2D eigenvalue weighted by molar-refractivity contribution is -0.123. The number of likely N-dealkylation sites (N-methyl/N-ethyl adjacent to an activating group) is 1. The molecular formula is C15H21Cl2N3O2. The van der Waals surface area contributed by atoms with Crippen LogP contribution in [0.2, 0.25) is 10.0 Å². The minimum atomic E-state index is -0.225. The van der Waals surface area contributed by atoms with Gasteiger partial charge >= 0.3 is 0 Å². The van der Waals surface area contributed by atoms with E-state index in [2.05, 4.69) is 10.6 Å². The van der Waals surface area contributed by atoms with Crippen molar-refractivity contribution in [1.82, 2.24) is 10.2 Å². The first-order valence-corrected chi connectivity index (χ1v) is 7.80. The highest BCUT2D eigenvalue weighted by Gasteiger charge is 2.12. The first-order chi connectivity index (χ1) is 10.3. The van der Waals surface area contributed by atoms with Crippen LogP contribution in [-0.2, 0) is 9.59 Å². The van der Waals surface area contributed by atoms with Gasteiger partial charge in [-0.25, -0.2) is 0 Å². The number of carbonyl (C=O) groups excluding carboxylic acids is 2. The van der Waals surface area contributed by atoms with Crippen molar-refractivity contribution in [2.75, 3.05) is 25.5 Å². The Labute approximate surface area is 141 Å². The Morgan fingerprint density at radius 1 is 1.18 bits per heavy atom. The van der Waals surface area contributed by atoms with Crippen molar-refractivity contribution < 1.29 is 9.59 Å². The Bertz CT molecular complexity index is 538. The Kier molecular flexibility index (Phi) is 7.65. The molecule has 1 aromatic carbocycles. The third kappa shape index (κ3) is 6.64. The molecule has 0 saturated carbocycles. The van der Waals surface area contributed by atoms with Crippen molar-refractivity contribution in [2.45, 2.75) is 26.3 Å². The molecule has 2 amide bonds. The number of hydrogen-bond acceptors (Lipinski definition) is 3. The molecule has 0 aliphatic heterocycles. The van der Waals surface area contributed by atoms with Gasteiger partial charge in [0, 0.05) is 11.7 Å². The summed E-state index contributed by atoms with van der Waals surface area (Å²) in [5.41, 5.74) is 0.567. The van der Waals surface area contributed by atoms with E-state index in [1.165, 1.54) is 0 Å². The van der Waals surface area contributed by atoms with Crippen LogP contribution in [-0.4, -0.2) is 42.9 Å². The van der Waals surface area contributed by atoms with Gasteiger partial charge in [-0.1, -0.05) is 30.1 Å². The molecule has 1 aromatic rings. The highest BCUT2D eigenvalue weighted by Crippen LogP contribution is 2.24. The fraction of sp³-hybridized carbons (Fsp3) is 0.467. The van der Waals surface area contributed by atoms with E-state index >= 15 is 0 Å². The number of hydrogen-bond donors (Lipinski definition) is 2. The van der Waals surface area contributed by atoms with Crippen LogP contribution in [0.1, 0.15) is 20.3 Å². The Morgan fingerprint density at radius 3 is 2.41 bits per heavy atom. The monoisotopic (exact) mass is 345 g/mol. The topological polar surface area (TPSA) is 61.4 Å². The minimum Gasteiger partial charge on any atom is -0.353 e. The van der Waals surface area contributed by atoms with Gasteiger partial charge in [-0.15, -0.1) is 0 Å². The van der Waals surface area contributed by atoms with E-state index in [1.807, 2.05) is 13.8 Å². The van der Waals surface area contributed by atoms with Crippen molar-refractivity contribution >= 4 is 40.7 Å². The van der Waals surface area contributed by atoms with E-state index in [-0.39, 0.29) is 30.9 Å². The zero-order valence-corrected chi connectivity index (χ0v) is 14.5. The summed E-state index contributed by atoms with van der Waals surface area (Å²) < 4.78 is 0. The Hall–Kier alpha value is -1.30. The smallest absolute Gasteiger partial charge is 0.238 e. The van der Waals surface area contributed by atoms with E-state index in [4.69, 9.17) is 23.2 Å². The summed E-state index contributed by atoms with van der Waals surface area (Å²) in [4.78, 5) is 25.3. The summed E-state index contributed by atoms with van der Waals surface area (Å²) >= 11 is 11.7. The number of anilines is 1. The molecule has 0 saturated heterocycles. The van der Waals surface area contributed by atoms with Gasteiger partial charge in [0.15, 0.2) is 0 Å². The molecule has 22 heavy (non-hydrogen) atoms. The average Bonchev–Trinajstić information content (AvgIpc) is 2.42. The first kappa shape index (κ1) is 18.7. The van der Waals surface area contributed by atoms with Crippen LogP contribution in [0.15, 0.2) is 18.2 Å². The van der Waals surface area contributed by atoms with Crippen molar-refractivity contribution in [2.24, 2.45) is 0 Å². The molecular weight excluding hydrogens is 325 g/mol. The SMILES string of the molecule is CC[C@@H](C)NC(=O)CN(C)CC(=O)Nc1ccc(Cl)c(Cl)c1. The minimum absolute atomic E-state index is 0.0980. The molecule has 0 aliphatic rings. The number of rotatable bonds is 7. The van der Waals surface area contributed by atoms with E-state index < -0.39 is 0 Å². The highest BCUT2D eigenvalue weighted by atomic mass is 35.5. The molecule has 0 heterocycles. The quantitative estimate of drug-likeness (QED) is 0.798. The van der Waals surface area contributed by atoms with Gasteiger partial charge in [-0.3, -0.25) is 14.5 Å². The van der Waals surface area contributed by atoms with Crippen molar-refractivity contribution in [3.63, 3.8) is 0 Å². The maximum atomic E-state index is 11.9. The predicted octanol–water partition coefficient (Wildman–Crippen LogP) is 2.78. The standard InChI is InChI=1S/C15H21Cl2N3O2/c1-4-10(2)18-14(21)8-20(3)9-15(22)19-11-5-6-12(16)13(17)7-11/h5-7,10H,4,8-9H2,1-3H3,(H,18,21)(H,19,22)/t10-/m1/s1. The second-order valence-corrected chi connectivity index (χ2v) is 6.04. The number of benzene rings is 1. The number of nitrogens with zero attached hydrogens (tertiary/aromatic N) is 1. The van der Waals surface area contributed by atoms with E-state index in [0.29, 0.717) is 15.7 Å². The highest BCUT2D eigenvalue weighted by molar-refractivity contribution is 6.42. The van der Waals surface area contributed by atoms with Gasteiger partial charge in [0.05, 0.1) is 23.1 Å². The zero-order chi connectivity index (χ0) is 16.7. The fourth-order valence-electron chi connectivity index (χ4n) is 1.74. The molecule has 7 heteroatoms. The summed E-state index contributed by atoms with van der Waals surface area (Å²) in [7, 11) is 1.71. The van der Waals surface area contributed by atoms with Crippen LogP contribution in [0.3, 0.4) is 0 Å². The van der Waals surface area contributed by atoms with Gasteiger partial charge in [0.25, 0.3) is 0 Å². The molecule has 0 aliphatic carbocycles. The van der Waals surface area contributed by atoms with Crippen molar-refractivity contribution in [3.8, 4) is 0 Å². The lowest BCUT2D eigenvalue weighted by Gasteiger charge is -2.18. The summed E-state index contributed by atoms with van der Waals surface area (Å²) in [5, 5.41) is 6.37. The first-order valence-electron chi connectivity index (χ1n) is 7.04. The third-order valence-corrected chi connectivity index (χ3v) is 3.79. The fourth-order valence-corrected chi connectivity index (χ4v) is 2.04. The maximum Gasteiger partial charge on any atom is 0.238 e. The largest absolute Gasteiger partial charge is 0.353 e. The number of nitrogens with one attached hydrogen (secondary N) is 2. The Morgan fingerprint density at radius 2 is 1.82 bits per heavy atom. The summed E-state index contributed by atoms with van der Waals surface area (Å²) in [5.74, 6) is -0.323. The molecule has 1 atom stereocenters. The van der Waals surface area contributed by atoms with Gasteiger partial charge in [-0.2, -0.15) is 0 Å². The van der Waals surface area contributed by atoms with E-state index in [1.54, 1.807) is 30.1 Å². The van der Waals surface area contributed by atoms with Crippen LogP contribution < -0.4 is 10.6 Å². The van der Waals surface area contributed by atoms with Crippen LogP contribution in [0, 0.1) is 0 Å². The lowest BCUT2D eigenvalue weighted by atomic mass is 10.2. The second-order valence-electron chi connectivity index (χ2n) is 5.23.